The molecule has 1 aromatic rings. The number of hydrogen-bond donors (Lipinski definition) is 3. The molecule has 0 saturated carbocycles. The highest BCUT2D eigenvalue weighted by molar-refractivity contribution is 7.15. The van der Waals surface area contributed by atoms with Crippen LogP contribution in [-0.4, -0.2) is 76.2 Å². The zero-order valence-corrected chi connectivity index (χ0v) is 15.3. The van der Waals surface area contributed by atoms with Crippen LogP contribution in [0, 0.1) is 5.92 Å². The molecular formula is C17H29N3O3S. The molecule has 0 spiro atoms. The zero-order chi connectivity index (χ0) is 17.3. The Morgan fingerprint density at radius 2 is 1.92 bits per heavy atom. The van der Waals surface area contributed by atoms with Crippen molar-refractivity contribution in [2.75, 3.05) is 37.6 Å². The molecule has 3 heterocycles. The van der Waals surface area contributed by atoms with Gasteiger partial charge in [-0.3, -0.25) is 4.90 Å². The number of likely N-dealkylation sites (tertiary alicyclic amines) is 1. The van der Waals surface area contributed by atoms with Gasteiger partial charge in [-0.1, -0.05) is 13.8 Å². The fraction of sp³-hybridized carbons (Fsp3) is 0.824. The number of rotatable bonds is 4. The normalized spacial score (nSPS) is 32.5. The van der Waals surface area contributed by atoms with Crippen LogP contribution >= 0.6 is 11.3 Å². The number of piperidine rings is 2. The molecule has 3 N–H and O–H groups in total. The molecule has 3 rings (SSSR count). The molecule has 136 valence electrons. The fourth-order valence-corrected chi connectivity index (χ4v) is 4.62. The largest absolute Gasteiger partial charge is 0.389 e. The maximum absolute atomic E-state index is 9.86. The van der Waals surface area contributed by atoms with Crippen LogP contribution in [0.15, 0.2) is 6.20 Å². The van der Waals surface area contributed by atoms with Gasteiger partial charge in [-0.05, 0) is 24.7 Å². The molecule has 0 aliphatic carbocycles. The summed E-state index contributed by atoms with van der Waals surface area (Å²) < 4.78 is 0. The first kappa shape index (κ1) is 18.1. The first-order valence-electron chi connectivity index (χ1n) is 8.91. The van der Waals surface area contributed by atoms with E-state index >= 15 is 0 Å². The summed E-state index contributed by atoms with van der Waals surface area (Å²) in [6.45, 7) is 8.11. The lowest BCUT2D eigenvalue weighted by atomic mass is 9.95. The Morgan fingerprint density at radius 1 is 1.21 bits per heavy atom. The van der Waals surface area contributed by atoms with Crippen molar-refractivity contribution in [2.45, 2.75) is 50.9 Å². The van der Waals surface area contributed by atoms with E-state index in [-0.39, 0.29) is 0 Å². The highest BCUT2D eigenvalue weighted by Crippen LogP contribution is 2.31. The van der Waals surface area contributed by atoms with Gasteiger partial charge in [0.2, 0.25) is 0 Å². The summed E-state index contributed by atoms with van der Waals surface area (Å²) in [6.07, 6.45) is 1.55. The van der Waals surface area contributed by atoms with Crippen molar-refractivity contribution in [3.05, 3.63) is 11.1 Å². The van der Waals surface area contributed by atoms with Crippen LogP contribution in [0.1, 0.15) is 37.5 Å². The second-order valence-electron chi connectivity index (χ2n) is 7.50. The summed E-state index contributed by atoms with van der Waals surface area (Å²) in [5.74, 6) is 1.01. The Balaban J connectivity index is 1.57. The van der Waals surface area contributed by atoms with E-state index in [4.69, 9.17) is 0 Å². The minimum absolute atomic E-state index is 0.434. The van der Waals surface area contributed by atoms with Crippen molar-refractivity contribution < 1.29 is 15.3 Å². The molecule has 0 amide bonds. The first-order chi connectivity index (χ1) is 11.4. The summed E-state index contributed by atoms with van der Waals surface area (Å²) in [5, 5.41) is 30.5. The molecule has 0 bridgehead atoms. The number of β-amino-alcohol motifs (C(OH)–C–C–N with tert-alkyl or cyclic N) is 2. The van der Waals surface area contributed by atoms with Gasteiger partial charge in [0.1, 0.15) is 6.10 Å². The SMILES string of the molecule is CC(C)c1cnc(N2CCC[C@H](CN3C[C@@H](O)C(O)[C@@H](O)C3)C2)s1. The molecule has 4 atom stereocenters. The Kier molecular flexibility index (Phi) is 5.77. The standard InChI is InChI=1S/C17H29N3O3S/c1-11(2)15-6-18-17(24-15)20-5-3-4-12(8-20)7-19-9-13(21)16(23)14(22)10-19/h6,11-14,16,21-23H,3-5,7-10H2,1-2H3/t12-,13-,14+,16?/m1/s1. The average Bonchev–Trinajstić information content (AvgIpc) is 3.03. The van der Waals surface area contributed by atoms with E-state index in [2.05, 4.69) is 28.6 Å². The van der Waals surface area contributed by atoms with E-state index in [1.54, 1.807) is 11.3 Å². The highest BCUT2D eigenvalue weighted by atomic mass is 32.1. The predicted molar refractivity (Wildman–Crippen MR) is 95.6 cm³/mol. The number of hydrogen-bond acceptors (Lipinski definition) is 7. The third-order valence-corrected chi connectivity index (χ3v) is 6.42. The monoisotopic (exact) mass is 355 g/mol. The molecule has 0 radical (unpaired) electrons. The van der Waals surface area contributed by atoms with Gasteiger partial charge in [0, 0.05) is 43.8 Å². The molecule has 1 unspecified atom stereocenters. The average molecular weight is 356 g/mol. The lowest BCUT2D eigenvalue weighted by Crippen LogP contribution is -2.56. The van der Waals surface area contributed by atoms with Crippen molar-refractivity contribution in [3.8, 4) is 0 Å². The van der Waals surface area contributed by atoms with Crippen molar-refractivity contribution in [3.63, 3.8) is 0 Å². The summed E-state index contributed by atoms with van der Waals surface area (Å²) in [7, 11) is 0. The van der Waals surface area contributed by atoms with Crippen LogP contribution in [0.2, 0.25) is 0 Å². The Labute approximate surface area is 147 Å². The molecule has 24 heavy (non-hydrogen) atoms. The maximum Gasteiger partial charge on any atom is 0.185 e. The molecule has 7 heteroatoms. The molecule has 2 aliphatic heterocycles. The van der Waals surface area contributed by atoms with Crippen molar-refractivity contribution in [1.29, 1.82) is 0 Å². The minimum atomic E-state index is -1.02. The summed E-state index contributed by atoms with van der Waals surface area (Å²) in [4.78, 5) is 10.4. The van der Waals surface area contributed by atoms with Gasteiger partial charge in [0.05, 0.1) is 12.2 Å². The number of aliphatic hydroxyl groups excluding tert-OH is 3. The summed E-state index contributed by atoms with van der Waals surface area (Å²) >= 11 is 1.78. The lowest BCUT2D eigenvalue weighted by Gasteiger charge is -2.40. The van der Waals surface area contributed by atoms with Gasteiger partial charge in [-0.2, -0.15) is 0 Å². The number of anilines is 1. The number of nitrogens with zero attached hydrogens (tertiary/aromatic N) is 3. The number of aromatic nitrogens is 1. The lowest BCUT2D eigenvalue weighted by molar-refractivity contribution is -0.112. The zero-order valence-electron chi connectivity index (χ0n) is 14.5. The van der Waals surface area contributed by atoms with Crippen molar-refractivity contribution in [1.82, 2.24) is 9.88 Å². The molecule has 2 aliphatic rings. The second-order valence-corrected chi connectivity index (χ2v) is 8.54. The topological polar surface area (TPSA) is 80.1 Å². The molecule has 2 saturated heterocycles. The van der Waals surface area contributed by atoms with Gasteiger partial charge in [-0.15, -0.1) is 11.3 Å². The molecule has 2 fully saturated rings. The van der Waals surface area contributed by atoms with Gasteiger partial charge < -0.3 is 20.2 Å². The van der Waals surface area contributed by atoms with E-state index < -0.39 is 18.3 Å². The smallest absolute Gasteiger partial charge is 0.185 e. The van der Waals surface area contributed by atoms with Gasteiger partial charge >= 0.3 is 0 Å². The summed E-state index contributed by atoms with van der Waals surface area (Å²) in [5.41, 5.74) is 0. The molecule has 0 aromatic carbocycles. The third-order valence-electron chi connectivity index (χ3n) is 5.07. The Morgan fingerprint density at radius 3 is 2.54 bits per heavy atom. The quantitative estimate of drug-likeness (QED) is 0.744. The van der Waals surface area contributed by atoms with Crippen molar-refractivity contribution in [2.24, 2.45) is 5.92 Å². The maximum atomic E-state index is 9.86. The van der Waals surface area contributed by atoms with E-state index in [0.717, 1.165) is 37.6 Å². The first-order valence-corrected chi connectivity index (χ1v) is 9.73. The van der Waals surface area contributed by atoms with Crippen LogP contribution < -0.4 is 4.90 Å². The van der Waals surface area contributed by atoms with Crippen LogP contribution in [-0.2, 0) is 0 Å². The van der Waals surface area contributed by atoms with Gasteiger partial charge in [0.25, 0.3) is 0 Å². The van der Waals surface area contributed by atoms with Gasteiger partial charge in [-0.25, -0.2) is 4.98 Å². The van der Waals surface area contributed by atoms with Crippen LogP contribution in [0.25, 0.3) is 0 Å². The van der Waals surface area contributed by atoms with Crippen LogP contribution in [0.4, 0.5) is 5.13 Å². The Hall–Kier alpha value is -0.730. The van der Waals surface area contributed by atoms with Crippen molar-refractivity contribution >= 4 is 16.5 Å². The van der Waals surface area contributed by atoms with E-state index in [9.17, 15) is 15.3 Å². The number of thiazole rings is 1. The number of aliphatic hydroxyl groups is 3. The predicted octanol–water partition coefficient (Wildman–Crippen LogP) is 0.881. The van der Waals surface area contributed by atoms with E-state index in [0.29, 0.717) is 24.9 Å². The van der Waals surface area contributed by atoms with E-state index in [1.807, 2.05) is 6.20 Å². The van der Waals surface area contributed by atoms with E-state index in [1.165, 1.54) is 4.88 Å². The van der Waals surface area contributed by atoms with Crippen LogP contribution in [0.5, 0.6) is 0 Å². The Bertz CT molecular complexity index is 527. The van der Waals surface area contributed by atoms with Gasteiger partial charge in [0.15, 0.2) is 5.13 Å². The molecule has 6 nitrogen and oxygen atoms in total. The minimum Gasteiger partial charge on any atom is -0.389 e. The van der Waals surface area contributed by atoms with Crippen LogP contribution in [0.3, 0.4) is 0 Å². The second kappa shape index (κ2) is 7.66. The third kappa shape index (κ3) is 4.08. The fourth-order valence-electron chi connectivity index (χ4n) is 3.67. The molecule has 1 aromatic heterocycles. The molecular weight excluding hydrogens is 326 g/mol. The highest BCUT2D eigenvalue weighted by Gasteiger charge is 2.34. The summed E-state index contributed by atoms with van der Waals surface area (Å²) in [6, 6.07) is 0.